The van der Waals surface area contributed by atoms with Crippen LogP contribution in [0.1, 0.15) is 12.5 Å². The molecular formula is C25H21ClN6O4S. The fourth-order valence-electron chi connectivity index (χ4n) is 3.28. The number of halogens is 1. The van der Waals surface area contributed by atoms with E-state index in [1.165, 1.54) is 30.1 Å². The molecule has 10 nitrogen and oxygen atoms in total. The Morgan fingerprint density at radius 3 is 2.62 bits per heavy atom. The number of hydrogen-bond acceptors (Lipinski definition) is 8. The summed E-state index contributed by atoms with van der Waals surface area (Å²) in [6, 6.07) is 20.7. The summed E-state index contributed by atoms with van der Waals surface area (Å²) in [6.07, 6.45) is 1.35. The molecule has 0 aliphatic heterocycles. The van der Waals surface area contributed by atoms with Crippen molar-refractivity contribution in [1.82, 2.24) is 20.2 Å². The molecule has 3 aromatic carbocycles. The maximum absolute atomic E-state index is 12.1. The van der Waals surface area contributed by atoms with E-state index in [4.69, 9.17) is 16.3 Å². The number of nitrogens with zero attached hydrogens (tertiary/aromatic N) is 5. The third-order valence-corrected chi connectivity index (χ3v) is 6.38. The van der Waals surface area contributed by atoms with E-state index in [2.05, 4.69) is 20.7 Å². The highest BCUT2D eigenvalue weighted by atomic mass is 35.5. The molecule has 0 saturated carbocycles. The lowest BCUT2D eigenvalue weighted by Gasteiger charge is -2.09. The Morgan fingerprint density at radius 1 is 1.16 bits per heavy atom. The molecule has 0 saturated heterocycles. The number of non-ortho nitro benzene ring substituents is 1. The molecule has 12 heteroatoms. The second-order valence-corrected chi connectivity index (χ2v) is 8.98. The van der Waals surface area contributed by atoms with E-state index in [9.17, 15) is 14.9 Å². The number of benzene rings is 3. The van der Waals surface area contributed by atoms with E-state index in [0.29, 0.717) is 32.9 Å². The zero-order chi connectivity index (χ0) is 26.2. The summed E-state index contributed by atoms with van der Waals surface area (Å²) in [5.41, 5.74) is 3.63. The summed E-state index contributed by atoms with van der Waals surface area (Å²) in [6.45, 7) is 2.34. The van der Waals surface area contributed by atoms with Crippen LogP contribution in [0.5, 0.6) is 5.75 Å². The van der Waals surface area contributed by atoms with Crippen LogP contribution in [0.15, 0.2) is 87.9 Å². The minimum atomic E-state index is -0.496. The number of carbonyl (C=O) groups excluding carboxylic acids is 1. The Labute approximate surface area is 221 Å². The Bertz CT molecular complexity index is 1430. The second kappa shape index (κ2) is 12.2. The second-order valence-electron chi connectivity index (χ2n) is 7.53. The van der Waals surface area contributed by atoms with Gasteiger partial charge in [0.25, 0.3) is 11.6 Å². The van der Waals surface area contributed by atoms with Crippen molar-refractivity contribution in [2.24, 2.45) is 5.10 Å². The molecule has 1 N–H and O–H groups in total. The minimum Gasteiger partial charge on any atom is -0.484 e. The molecule has 37 heavy (non-hydrogen) atoms. The van der Waals surface area contributed by atoms with Gasteiger partial charge in [0.15, 0.2) is 17.6 Å². The highest BCUT2D eigenvalue weighted by Crippen LogP contribution is 2.33. The third kappa shape index (κ3) is 6.72. The predicted molar refractivity (Wildman–Crippen MR) is 141 cm³/mol. The number of aromatic nitrogens is 3. The molecule has 0 fully saturated rings. The predicted octanol–water partition coefficient (Wildman–Crippen LogP) is 5.21. The monoisotopic (exact) mass is 536 g/mol. The van der Waals surface area contributed by atoms with Crippen molar-refractivity contribution in [3.05, 3.63) is 93.5 Å². The first-order valence-corrected chi connectivity index (χ1v) is 12.3. The van der Waals surface area contributed by atoms with Gasteiger partial charge in [0, 0.05) is 39.7 Å². The number of ether oxygens (including phenoxy) is 1. The average molecular weight is 537 g/mol. The van der Waals surface area contributed by atoms with Gasteiger partial charge in [-0.15, -0.1) is 10.2 Å². The Balaban J connectivity index is 1.50. The van der Waals surface area contributed by atoms with Crippen LogP contribution in [0.25, 0.3) is 11.4 Å². The van der Waals surface area contributed by atoms with Crippen molar-refractivity contribution in [2.75, 3.05) is 6.61 Å². The zero-order valence-corrected chi connectivity index (χ0v) is 21.1. The molecule has 0 aliphatic carbocycles. The Kier molecular flexibility index (Phi) is 8.49. The highest BCUT2D eigenvalue weighted by molar-refractivity contribution is 7.99. The smallest absolute Gasteiger partial charge is 0.277 e. The number of rotatable bonds is 10. The molecule has 4 rings (SSSR count). The maximum Gasteiger partial charge on any atom is 0.277 e. The van der Waals surface area contributed by atoms with Crippen LogP contribution in [0.3, 0.4) is 0 Å². The van der Waals surface area contributed by atoms with Gasteiger partial charge in [0.05, 0.1) is 11.1 Å². The van der Waals surface area contributed by atoms with Crippen molar-refractivity contribution in [3.63, 3.8) is 0 Å². The molecular weight excluding hydrogens is 516 g/mol. The van der Waals surface area contributed by atoms with Gasteiger partial charge in [0.1, 0.15) is 5.75 Å². The largest absolute Gasteiger partial charge is 0.484 e. The maximum atomic E-state index is 12.1. The standard InChI is InChI=1S/C25H21ClN6O4S/c1-2-31-24(17-6-4-3-5-7-17)29-30-25(31)37-22-13-10-20(32(34)35)14-18(22)15-27-28-23(33)16-36-21-11-8-19(26)9-12-21/h3-15H,2,16H2,1H3,(H,28,33)/b27-15-. The van der Waals surface area contributed by atoms with Crippen molar-refractivity contribution >= 4 is 41.2 Å². The molecule has 188 valence electrons. The van der Waals surface area contributed by atoms with E-state index in [0.717, 1.165) is 11.4 Å². The van der Waals surface area contributed by atoms with Gasteiger partial charge >= 0.3 is 0 Å². The fraction of sp³-hybridized carbons (Fsp3) is 0.120. The van der Waals surface area contributed by atoms with E-state index in [1.54, 1.807) is 30.3 Å². The first kappa shape index (κ1) is 25.9. The van der Waals surface area contributed by atoms with Crippen molar-refractivity contribution in [3.8, 4) is 17.1 Å². The third-order valence-electron chi connectivity index (χ3n) is 5.05. The van der Waals surface area contributed by atoms with Gasteiger partial charge in [-0.1, -0.05) is 41.9 Å². The van der Waals surface area contributed by atoms with E-state index < -0.39 is 10.8 Å². The normalized spacial score (nSPS) is 11.0. The lowest BCUT2D eigenvalue weighted by molar-refractivity contribution is -0.384. The summed E-state index contributed by atoms with van der Waals surface area (Å²) < 4.78 is 7.34. The summed E-state index contributed by atoms with van der Waals surface area (Å²) in [7, 11) is 0. The molecule has 0 spiro atoms. The first-order valence-electron chi connectivity index (χ1n) is 11.1. The Morgan fingerprint density at radius 2 is 1.92 bits per heavy atom. The van der Waals surface area contributed by atoms with Gasteiger partial charge in [-0.05, 0) is 49.0 Å². The van der Waals surface area contributed by atoms with Crippen LogP contribution in [-0.4, -0.2) is 38.4 Å². The topological polar surface area (TPSA) is 125 Å². The van der Waals surface area contributed by atoms with Crippen LogP contribution in [-0.2, 0) is 11.3 Å². The number of amides is 1. The van der Waals surface area contributed by atoms with Crippen LogP contribution in [0, 0.1) is 10.1 Å². The van der Waals surface area contributed by atoms with Crippen molar-refractivity contribution < 1.29 is 14.5 Å². The quantitative estimate of drug-likeness (QED) is 0.167. The number of nitro groups is 1. The summed E-state index contributed by atoms with van der Waals surface area (Å²) >= 11 is 7.13. The van der Waals surface area contributed by atoms with Gasteiger partial charge in [-0.2, -0.15) is 5.10 Å². The van der Waals surface area contributed by atoms with E-state index >= 15 is 0 Å². The summed E-state index contributed by atoms with van der Waals surface area (Å²) in [5, 5.41) is 25.1. The van der Waals surface area contributed by atoms with Gasteiger partial charge in [-0.3, -0.25) is 14.9 Å². The molecule has 1 aromatic heterocycles. The van der Waals surface area contributed by atoms with Gasteiger partial charge < -0.3 is 9.30 Å². The molecule has 0 aliphatic rings. The molecule has 0 bridgehead atoms. The lowest BCUT2D eigenvalue weighted by Crippen LogP contribution is -2.24. The Hall–Kier alpha value is -4.22. The SMILES string of the molecule is CCn1c(Sc2ccc([N+](=O)[O-])cc2/C=N\NC(=O)COc2ccc(Cl)cc2)nnc1-c1ccccc1. The first-order chi connectivity index (χ1) is 17.9. The van der Waals surface area contributed by atoms with E-state index in [1.807, 2.05) is 41.8 Å². The number of nitro benzene ring substituents is 1. The summed E-state index contributed by atoms with van der Waals surface area (Å²) in [4.78, 5) is 23.6. The fourth-order valence-corrected chi connectivity index (χ4v) is 4.37. The molecule has 4 aromatic rings. The van der Waals surface area contributed by atoms with Gasteiger partial charge in [0.2, 0.25) is 0 Å². The number of hydrogen-bond donors (Lipinski definition) is 1. The molecule has 0 atom stereocenters. The minimum absolute atomic E-state index is 0.106. The number of carbonyl (C=O) groups is 1. The van der Waals surface area contributed by atoms with Gasteiger partial charge in [-0.25, -0.2) is 5.43 Å². The van der Waals surface area contributed by atoms with Crippen LogP contribution < -0.4 is 10.2 Å². The zero-order valence-electron chi connectivity index (χ0n) is 19.6. The molecule has 0 unspecified atom stereocenters. The molecule has 0 radical (unpaired) electrons. The van der Waals surface area contributed by atoms with Crippen LogP contribution in [0.4, 0.5) is 5.69 Å². The number of nitrogens with one attached hydrogen (secondary N) is 1. The molecule has 1 heterocycles. The van der Waals surface area contributed by atoms with Crippen molar-refractivity contribution in [1.29, 1.82) is 0 Å². The highest BCUT2D eigenvalue weighted by Gasteiger charge is 2.17. The van der Waals surface area contributed by atoms with Crippen LogP contribution >= 0.6 is 23.4 Å². The summed E-state index contributed by atoms with van der Waals surface area (Å²) in [5.74, 6) is 0.704. The van der Waals surface area contributed by atoms with E-state index in [-0.39, 0.29) is 12.3 Å². The van der Waals surface area contributed by atoms with Crippen LogP contribution in [0.2, 0.25) is 5.02 Å². The number of hydrazone groups is 1. The average Bonchev–Trinajstić information content (AvgIpc) is 3.32. The molecule has 1 amide bonds. The van der Waals surface area contributed by atoms with Crippen molar-refractivity contribution in [2.45, 2.75) is 23.5 Å². The lowest BCUT2D eigenvalue weighted by atomic mass is 10.2.